The largest absolute Gasteiger partial charge is 0.393 e. The Kier molecular flexibility index (Phi) is 3.94. The Morgan fingerprint density at radius 3 is 2.92 bits per heavy atom. The van der Waals surface area contributed by atoms with Crippen molar-refractivity contribution in [2.75, 3.05) is 13.1 Å². The Balaban J connectivity index is 2.49. The summed E-state index contributed by atoms with van der Waals surface area (Å²) in [4.78, 5) is 2.40. The van der Waals surface area contributed by atoms with Crippen LogP contribution < -0.4 is 0 Å². The molecule has 2 heteroatoms. The molecule has 1 aliphatic rings. The van der Waals surface area contributed by atoms with E-state index in [9.17, 15) is 5.11 Å². The summed E-state index contributed by atoms with van der Waals surface area (Å²) >= 11 is 0. The van der Waals surface area contributed by atoms with Crippen LogP contribution in [0.5, 0.6) is 0 Å². The van der Waals surface area contributed by atoms with E-state index in [1.807, 2.05) is 6.08 Å². The first-order valence-corrected chi connectivity index (χ1v) is 5.23. The lowest BCUT2D eigenvalue weighted by molar-refractivity contribution is 0.0179. The molecule has 0 aromatic heterocycles. The molecule has 0 amide bonds. The van der Waals surface area contributed by atoms with Gasteiger partial charge in [0.05, 0.1) is 6.10 Å². The Morgan fingerprint density at radius 1 is 1.69 bits per heavy atom. The van der Waals surface area contributed by atoms with E-state index < -0.39 is 0 Å². The smallest absolute Gasteiger partial charge is 0.0592 e. The molecule has 13 heavy (non-hydrogen) atoms. The van der Waals surface area contributed by atoms with Crippen LogP contribution in [0.3, 0.4) is 0 Å². The molecule has 1 saturated heterocycles. The molecule has 0 aromatic carbocycles. The van der Waals surface area contributed by atoms with Gasteiger partial charge < -0.3 is 5.11 Å². The Labute approximate surface area is 81.2 Å². The van der Waals surface area contributed by atoms with Crippen molar-refractivity contribution in [3.05, 3.63) is 12.7 Å². The fraction of sp³-hybridized carbons (Fsp3) is 0.818. The van der Waals surface area contributed by atoms with Crippen LogP contribution in [0.15, 0.2) is 12.7 Å². The van der Waals surface area contributed by atoms with Crippen molar-refractivity contribution in [2.45, 2.75) is 38.8 Å². The van der Waals surface area contributed by atoms with Gasteiger partial charge in [-0.1, -0.05) is 13.0 Å². The first-order valence-electron chi connectivity index (χ1n) is 5.23. The van der Waals surface area contributed by atoms with Crippen LogP contribution in [0.25, 0.3) is 0 Å². The summed E-state index contributed by atoms with van der Waals surface area (Å²) in [6, 6.07) is 0.446. The molecule has 76 valence electrons. The number of aliphatic hydroxyl groups excluding tert-OH is 1. The molecule has 1 heterocycles. The van der Waals surface area contributed by atoms with E-state index in [-0.39, 0.29) is 6.10 Å². The molecule has 0 saturated carbocycles. The quantitative estimate of drug-likeness (QED) is 0.673. The average molecular weight is 183 g/mol. The molecular weight excluding hydrogens is 162 g/mol. The van der Waals surface area contributed by atoms with Crippen molar-refractivity contribution in [3.8, 4) is 0 Å². The van der Waals surface area contributed by atoms with Crippen molar-refractivity contribution in [2.24, 2.45) is 5.92 Å². The molecule has 3 atom stereocenters. The second-order valence-corrected chi connectivity index (χ2v) is 4.00. The van der Waals surface area contributed by atoms with Crippen LogP contribution in [0.1, 0.15) is 26.7 Å². The van der Waals surface area contributed by atoms with E-state index in [2.05, 4.69) is 25.3 Å². The van der Waals surface area contributed by atoms with Gasteiger partial charge in [-0.3, -0.25) is 4.90 Å². The van der Waals surface area contributed by atoms with Gasteiger partial charge in [-0.25, -0.2) is 0 Å². The first-order chi connectivity index (χ1) is 6.19. The van der Waals surface area contributed by atoms with Gasteiger partial charge in [0.15, 0.2) is 0 Å². The van der Waals surface area contributed by atoms with Crippen LogP contribution in [-0.2, 0) is 0 Å². The molecule has 0 aliphatic carbocycles. The molecule has 2 nitrogen and oxygen atoms in total. The van der Waals surface area contributed by atoms with Gasteiger partial charge >= 0.3 is 0 Å². The highest BCUT2D eigenvalue weighted by molar-refractivity contribution is 4.89. The first kappa shape index (κ1) is 10.7. The molecule has 3 unspecified atom stereocenters. The molecule has 0 spiro atoms. The van der Waals surface area contributed by atoms with Crippen LogP contribution in [-0.4, -0.2) is 35.2 Å². The number of aliphatic hydroxyl groups is 1. The minimum atomic E-state index is -0.0849. The predicted octanol–water partition coefficient (Wildman–Crippen LogP) is 1.65. The molecule has 1 aliphatic heterocycles. The van der Waals surface area contributed by atoms with Crippen molar-refractivity contribution < 1.29 is 5.11 Å². The number of hydrogen-bond acceptors (Lipinski definition) is 2. The highest BCUT2D eigenvalue weighted by Gasteiger charge is 2.27. The van der Waals surface area contributed by atoms with Gasteiger partial charge in [-0.2, -0.15) is 0 Å². The molecule has 1 rings (SSSR count). The summed E-state index contributed by atoms with van der Waals surface area (Å²) < 4.78 is 0. The summed E-state index contributed by atoms with van der Waals surface area (Å²) in [5, 5.41) is 9.69. The molecule has 0 radical (unpaired) electrons. The van der Waals surface area contributed by atoms with Crippen molar-refractivity contribution in [1.82, 2.24) is 4.90 Å². The van der Waals surface area contributed by atoms with Crippen molar-refractivity contribution >= 4 is 0 Å². The molecule has 0 bridgehead atoms. The highest BCUT2D eigenvalue weighted by Crippen LogP contribution is 2.21. The zero-order valence-electron chi connectivity index (χ0n) is 8.74. The van der Waals surface area contributed by atoms with E-state index in [0.29, 0.717) is 12.0 Å². The third-order valence-corrected chi connectivity index (χ3v) is 3.17. The van der Waals surface area contributed by atoms with E-state index >= 15 is 0 Å². The number of nitrogens with zero attached hydrogens (tertiary/aromatic N) is 1. The van der Waals surface area contributed by atoms with Crippen molar-refractivity contribution in [1.29, 1.82) is 0 Å². The van der Waals surface area contributed by atoms with E-state index in [0.717, 1.165) is 25.9 Å². The predicted molar refractivity (Wildman–Crippen MR) is 55.6 cm³/mol. The standard InChI is InChI=1S/C11H21NO/c1-4-9(3)12-7-6-11(13)10(5-2)8-12/h4,9-11,13H,1,5-8H2,2-3H3. The second kappa shape index (κ2) is 4.77. The van der Waals surface area contributed by atoms with Crippen LogP contribution >= 0.6 is 0 Å². The minimum absolute atomic E-state index is 0.0849. The van der Waals surface area contributed by atoms with Crippen LogP contribution in [0.2, 0.25) is 0 Å². The highest BCUT2D eigenvalue weighted by atomic mass is 16.3. The van der Waals surface area contributed by atoms with E-state index in [1.54, 1.807) is 0 Å². The maximum Gasteiger partial charge on any atom is 0.0592 e. The summed E-state index contributed by atoms with van der Waals surface area (Å²) in [5.41, 5.74) is 0. The lowest BCUT2D eigenvalue weighted by Crippen LogP contribution is -2.46. The fourth-order valence-electron chi connectivity index (χ4n) is 1.97. The second-order valence-electron chi connectivity index (χ2n) is 4.00. The fourth-order valence-corrected chi connectivity index (χ4v) is 1.97. The van der Waals surface area contributed by atoms with E-state index in [1.165, 1.54) is 0 Å². The Hall–Kier alpha value is -0.340. The molecule has 1 fully saturated rings. The Bertz CT molecular complexity index is 169. The topological polar surface area (TPSA) is 23.5 Å². The molecule has 0 aromatic rings. The van der Waals surface area contributed by atoms with Gasteiger partial charge in [-0.15, -0.1) is 6.58 Å². The lowest BCUT2D eigenvalue weighted by atomic mass is 9.91. The number of rotatable bonds is 3. The zero-order chi connectivity index (χ0) is 9.84. The summed E-state index contributed by atoms with van der Waals surface area (Å²) in [6.07, 6.45) is 3.88. The third kappa shape index (κ3) is 2.55. The maximum absolute atomic E-state index is 9.69. The van der Waals surface area contributed by atoms with Gasteiger partial charge in [0, 0.05) is 19.1 Å². The van der Waals surface area contributed by atoms with Crippen molar-refractivity contribution in [3.63, 3.8) is 0 Å². The lowest BCUT2D eigenvalue weighted by Gasteiger charge is -2.38. The number of piperidine rings is 1. The maximum atomic E-state index is 9.69. The third-order valence-electron chi connectivity index (χ3n) is 3.17. The van der Waals surface area contributed by atoms with Crippen LogP contribution in [0.4, 0.5) is 0 Å². The minimum Gasteiger partial charge on any atom is -0.393 e. The Morgan fingerprint density at radius 2 is 2.38 bits per heavy atom. The average Bonchev–Trinajstić information content (AvgIpc) is 2.17. The van der Waals surface area contributed by atoms with Gasteiger partial charge in [-0.05, 0) is 25.7 Å². The van der Waals surface area contributed by atoms with E-state index in [4.69, 9.17) is 0 Å². The van der Waals surface area contributed by atoms with Gasteiger partial charge in [0.1, 0.15) is 0 Å². The summed E-state index contributed by atoms with van der Waals surface area (Å²) in [7, 11) is 0. The molecule has 1 N–H and O–H groups in total. The summed E-state index contributed by atoms with van der Waals surface area (Å²) in [6.45, 7) is 10.1. The van der Waals surface area contributed by atoms with Gasteiger partial charge in [0.2, 0.25) is 0 Å². The number of likely N-dealkylation sites (tertiary alicyclic amines) is 1. The monoisotopic (exact) mass is 183 g/mol. The molecular formula is C11H21NO. The zero-order valence-corrected chi connectivity index (χ0v) is 8.74. The van der Waals surface area contributed by atoms with Crippen LogP contribution in [0, 0.1) is 5.92 Å². The SMILES string of the molecule is C=CC(C)N1CCC(O)C(CC)C1. The normalized spacial score (nSPS) is 32.8. The van der Waals surface area contributed by atoms with Gasteiger partial charge in [0.25, 0.3) is 0 Å². The number of hydrogen-bond donors (Lipinski definition) is 1. The summed E-state index contributed by atoms with van der Waals surface area (Å²) in [5.74, 6) is 0.455.